The Hall–Kier alpha value is -4.36. The highest BCUT2D eigenvalue weighted by atomic mass is 35.5. The van der Waals surface area contributed by atoms with E-state index in [-0.39, 0.29) is 18.0 Å². The normalized spacial score (nSPS) is 17.1. The second kappa shape index (κ2) is 11.0. The standard InChI is InChI=1S/C36H28ClNO4S/c1-24-10-18-31(19-11-24)43(39,40)38-21-20-29(26-14-16-30(37)17-15-26)23-41-35(28-13-12-25-6-2-3-7-27(25)22-28)36-34(38)32-8-4-5-9-33(32)42-36/h2-20,22,35H,21,23H2,1H3/b29-20+/t35-/m0/s1. The summed E-state index contributed by atoms with van der Waals surface area (Å²) in [6.45, 7) is 2.25. The van der Waals surface area contributed by atoms with E-state index in [9.17, 15) is 8.42 Å². The number of furan rings is 1. The van der Waals surface area contributed by atoms with Crippen molar-refractivity contribution in [2.75, 3.05) is 17.5 Å². The summed E-state index contributed by atoms with van der Waals surface area (Å²) >= 11 is 6.20. The predicted octanol–water partition coefficient (Wildman–Crippen LogP) is 8.95. The van der Waals surface area contributed by atoms with Crippen LogP contribution in [0.2, 0.25) is 5.02 Å². The van der Waals surface area contributed by atoms with Crippen molar-refractivity contribution >= 4 is 54.6 Å². The number of para-hydroxylation sites is 1. The number of hydrogen-bond acceptors (Lipinski definition) is 4. The Kier molecular flexibility index (Phi) is 7.06. The molecule has 5 nitrogen and oxygen atoms in total. The molecule has 5 aromatic carbocycles. The number of fused-ring (bicyclic) bond motifs is 4. The van der Waals surface area contributed by atoms with Crippen molar-refractivity contribution in [2.24, 2.45) is 0 Å². The molecule has 0 bridgehead atoms. The zero-order valence-electron chi connectivity index (χ0n) is 23.4. The first-order valence-corrected chi connectivity index (χ1v) is 15.9. The number of benzene rings is 5. The molecule has 0 unspecified atom stereocenters. The largest absolute Gasteiger partial charge is 0.456 e. The number of aryl methyl sites for hydroxylation is 1. The summed E-state index contributed by atoms with van der Waals surface area (Å²) in [6.07, 6.45) is 1.24. The van der Waals surface area contributed by atoms with Crippen molar-refractivity contribution in [2.45, 2.75) is 17.9 Å². The van der Waals surface area contributed by atoms with Gasteiger partial charge in [0.15, 0.2) is 5.76 Å². The van der Waals surface area contributed by atoms with Gasteiger partial charge in [-0.25, -0.2) is 8.42 Å². The smallest absolute Gasteiger partial charge is 0.264 e. The van der Waals surface area contributed by atoms with Crippen LogP contribution in [-0.4, -0.2) is 21.6 Å². The molecule has 214 valence electrons. The Bertz CT molecular complexity index is 2100. The summed E-state index contributed by atoms with van der Waals surface area (Å²) < 4.78 is 43.7. The number of anilines is 1. The first-order valence-electron chi connectivity index (χ1n) is 14.0. The number of hydrogen-bond donors (Lipinski definition) is 0. The minimum absolute atomic E-state index is 0.0818. The van der Waals surface area contributed by atoms with E-state index in [0.29, 0.717) is 27.4 Å². The SMILES string of the molecule is Cc1ccc(S(=O)(=O)N2C/C=C(/c3ccc(Cl)cc3)CO[C@@H](c3ccc4ccccc4c3)c3oc4ccccc4c32)cc1. The highest BCUT2D eigenvalue weighted by Crippen LogP contribution is 2.44. The molecule has 0 fully saturated rings. The Morgan fingerprint density at radius 2 is 1.53 bits per heavy atom. The maximum absolute atomic E-state index is 14.5. The van der Waals surface area contributed by atoms with Crippen LogP contribution in [0.4, 0.5) is 5.69 Å². The molecule has 0 amide bonds. The van der Waals surface area contributed by atoms with Crippen LogP contribution in [0, 0.1) is 6.92 Å². The summed E-state index contributed by atoms with van der Waals surface area (Å²) in [5.41, 5.74) is 4.66. The lowest BCUT2D eigenvalue weighted by Crippen LogP contribution is -2.32. The second-order valence-electron chi connectivity index (χ2n) is 10.7. The monoisotopic (exact) mass is 605 g/mol. The lowest BCUT2D eigenvalue weighted by molar-refractivity contribution is 0.0932. The molecule has 0 aliphatic carbocycles. The Morgan fingerprint density at radius 3 is 2.33 bits per heavy atom. The highest BCUT2D eigenvalue weighted by Gasteiger charge is 2.35. The van der Waals surface area contributed by atoms with Gasteiger partial charge in [-0.15, -0.1) is 0 Å². The molecule has 1 aromatic heterocycles. The quantitative estimate of drug-likeness (QED) is 0.201. The molecule has 0 radical (unpaired) electrons. The molecule has 2 heterocycles. The summed E-state index contributed by atoms with van der Waals surface area (Å²) in [7, 11) is -4.01. The summed E-state index contributed by atoms with van der Waals surface area (Å²) in [5.74, 6) is 0.443. The van der Waals surface area contributed by atoms with Crippen LogP contribution >= 0.6 is 11.6 Å². The maximum Gasteiger partial charge on any atom is 0.264 e. The van der Waals surface area contributed by atoms with Crippen LogP contribution in [0.15, 0.2) is 131 Å². The predicted molar refractivity (Wildman–Crippen MR) is 173 cm³/mol. The van der Waals surface area contributed by atoms with E-state index in [1.807, 2.05) is 91.9 Å². The number of halogens is 1. The van der Waals surface area contributed by atoms with Gasteiger partial charge in [0, 0.05) is 10.4 Å². The first kappa shape index (κ1) is 27.5. The third-order valence-electron chi connectivity index (χ3n) is 7.89. The highest BCUT2D eigenvalue weighted by molar-refractivity contribution is 7.92. The molecule has 0 saturated heterocycles. The van der Waals surface area contributed by atoms with Crippen LogP contribution in [0.25, 0.3) is 27.3 Å². The molecule has 0 saturated carbocycles. The molecule has 6 aromatic rings. The van der Waals surface area contributed by atoms with Gasteiger partial charge in [0.05, 0.1) is 18.0 Å². The topological polar surface area (TPSA) is 59.8 Å². The minimum Gasteiger partial charge on any atom is -0.456 e. The van der Waals surface area contributed by atoms with Crippen LogP contribution in [0.3, 0.4) is 0 Å². The van der Waals surface area contributed by atoms with Crippen molar-refractivity contribution in [3.05, 3.63) is 149 Å². The molecule has 0 N–H and O–H groups in total. The fourth-order valence-electron chi connectivity index (χ4n) is 5.62. The zero-order chi connectivity index (χ0) is 29.6. The van der Waals surface area contributed by atoms with Crippen molar-refractivity contribution in [3.63, 3.8) is 0 Å². The van der Waals surface area contributed by atoms with Gasteiger partial charge in [0.2, 0.25) is 0 Å². The van der Waals surface area contributed by atoms with Gasteiger partial charge >= 0.3 is 0 Å². The Labute approximate surface area is 255 Å². The second-order valence-corrected chi connectivity index (χ2v) is 13.0. The molecule has 43 heavy (non-hydrogen) atoms. The summed E-state index contributed by atoms with van der Waals surface area (Å²) in [5, 5.41) is 3.48. The van der Waals surface area contributed by atoms with Gasteiger partial charge in [-0.2, -0.15) is 0 Å². The average Bonchev–Trinajstić information content (AvgIpc) is 3.42. The molecule has 1 aliphatic rings. The van der Waals surface area contributed by atoms with E-state index in [2.05, 4.69) is 24.3 Å². The maximum atomic E-state index is 14.5. The average molecular weight is 606 g/mol. The van der Waals surface area contributed by atoms with Crippen molar-refractivity contribution in [1.29, 1.82) is 0 Å². The van der Waals surface area contributed by atoms with Crippen LogP contribution in [0.1, 0.15) is 28.6 Å². The Morgan fingerprint density at radius 1 is 0.814 bits per heavy atom. The van der Waals surface area contributed by atoms with Crippen LogP contribution in [0.5, 0.6) is 0 Å². The van der Waals surface area contributed by atoms with E-state index in [1.165, 1.54) is 4.31 Å². The minimum atomic E-state index is -4.01. The lowest BCUT2D eigenvalue weighted by atomic mass is 10.0. The summed E-state index contributed by atoms with van der Waals surface area (Å²) in [6, 6.07) is 36.2. The number of sulfonamides is 1. The third-order valence-corrected chi connectivity index (χ3v) is 9.92. The number of nitrogens with zero attached hydrogens (tertiary/aromatic N) is 1. The van der Waals surface area contributed by atoms with E-state index in [4.69, 9.17) is 20.8 Å². The first-order chi connectivity index (χ1) is 20.9. The number of ether oxygens (including phenoxy) is 1. The van der Waals surface area contributed by atoms with E-state index < -0.39 is 16.1 Å². The van der Waals surface area contributed by atoms with E-state index in [1.54, 1.807) is 12.1 Å². The van der Waals surface area contributed by atoms with Gasteiger partial charge in [-0.1, -0.05) is 96.0 Å². The molecule has 1 atom stereocenters. The Balaban J connectivity index is 1.48. The van der Waals surface area contributed by atoms with Gasteiger partial charge in [0.1, 0.15) is 17.4 Å². The van der Waals surface area contributed by atoms with Crippen molar-refractivity contribution in [1.82, 2.24) is 0 Å². The van der Waals surface area contributed by atoms with Gasteiger partial charge in [-0.05, 0) is 76.9 Å². The molecule has 0 spiro atoms. The lowest BCUT2D eigenvalue weighted by Gasteiger charge is -2.25. The fraction of sp³-hybridized carbons (Fsp3) is 0.111. The summed E-state index contributed by atoms with van der Waals surface area (Å²) in [4.78, 5) is 0.207. The molecule has 1 aliphatic heterocycles. The van der Waals surface area contributed by atoms with Crippen molar-refractivity contribution in [3.8, 4) is 0 Å². The number of rotatable bonds is 4. The van der Waals surface area contributed by atoms with Gasteiger partial charge in [-0.3, -0.25) is 4.31 Å². The molecule has 7 rings (SSSR count). The molecule has 7 heteroatoms. The van der Waals surface area contributed by atoms with Gasteiger partial charge in [0.25, 0.3) is 10.0 Å². The molecular weight excluding hydrogens is 578 g/mol. The zero-order valence-corrected chi connectivity index (χ0v) is 25.0. The van der Waals surface area contributed by atoms with Crippen LogP contribution in [-0.2, 0) is 14.8 Å². The third kappa shape index (κ3) is 5.12. The molecular formula is C36H28ClNO4S. The van der Waals surface area contributed by atoms with E-state index in [0.717, 1.165) is 33.0 Å². The van der Waals surface area contributed by atoms with Crippen LogP contribution < -0.4 is 4.31 Å². The van der Waals surface area contributed by atoms with Crippen molar-refractivity contribution < 1.29 is 17.6 Å². The van der Waals surface area contributed by atoms with Gasteiger partial charge < -0.3 is 9.15 Å². The fourth-order valence-corrected chi connectivity index (χ4v) is 7.18. The van der Waals surface area contributed by atoms with E-state index >= 15 is 0 Å².